The largest absolute Gasteiger partial charge is 0.353 e. The Morgan fingerprint density at radius 1 is 1.83 bits per heavy atom. The molecule has 0 fully saturated rings. The van der Waals surface area contributed by atoms with E-state index in [1.54, 1.807) is 0 Å². The molecule has 0 aromatic rings. The maximum absolute atomic E-state index is 12.4. The summed E-state index contributed by atoms with van der Waals surface area (Å²) in [4.78, 5) is 12.8. The van der Waals surface area contributed by atoms with Crippen LogP contribution in [0.25, 0.3) is 10.4 Å². The van der Waals surface area contributed by atoms with Crippen molar-refractivity contribution in [1.82, 2.24) is 5.32 Å². The van der Waals surface area contributed by atoms with Gasteiger partial charge in [-0.25, -0.2) is 4.39 Å². The Kier molecular flexibility index (Phi) is 6.41. The summed E-state index contributed by atoms with van der Waals surface area (Å²) in [7, 11) is 0. The van der Waals surface area contributed by atoms with Crippen molar-refractivity contribution in [3.8, 4) is 0 Å². The Hall–Kier alpha value is -0.810. The molecule has 1 unspecified atom stereocenters. The molecule has 12 heavy (non-hydrogen) atoms. The average molecular weight is 239 g/mol. The summed E-state index contributed by atoms with van der Waals surface area (Å²) >= 11 is 3.14. The molecule has 0 bridgehead atoms. The van der Waals surface area contributed by atoms with Gasteiger partial charge in [0.05, 0.1) is 0 Å². The highest BCUT2D eigenvalue weighted by Gasteiger charge is 2.13. The van der Waals surface area contributed by atoms with Crippen molar-refractivity contribution < 1.29 is 9.18 Å². The second kappa shape index (κ2) is 6.87. The number of carbonyl (C=O) groups excluding carboxylic acids is 1. The van der Waals surface area contributed by atoms with E-state index >= 15 is 0 Å². The number of nitrogens with zero attached hydrogens (tertiary/aromatic N) is 3. The number of hydrogen-bond acceptors (Lipinski definition) is 2. The third-order valence-electron chi connectivity index (χ3n) is 0.979. The summed E-state index contributed by atoms with van der Waals surface area (Å²) < 4.78 is 12.4. The van der Waals surface area contributed by atoms with Gasteiger partial charge >= 0.3 is 0 Å². The van der Waals surface area contributed by atoms with Gasteiger partial charge in [0, 0.05) is 16.8 Å². The molecular weight excluding hydrogens is 231 g/mol. The van der Waals surface area contributed by atoms with Gasteiger partial charge < -0.3 is 5.32 Å². The molecule has 7 heteroatoms. The molecule has 0 radical (unpaired) electrons. The summed E-state index contributed by atoms with van der Waals surface area (Å²) in [5.41, 5.74) is 7.79. The molecule has 1 amide bonds. The molecular formula is C5H8BrFN4O. The molecule has 0 aliphatic heterocycles. The summed E-state index contributed by atoms with van der Waals surface area (Å²) in [5, 5.41) is 5.58. The lowest BCUT2D eigenvalue weighted by Crippen LogP contribution is -2.31. The minimum Gasteiger partial charge on any atom is -0.353 e. The quantitative estimate of drug-likeness (QED) is 0.193. The molecule has 0 saturated heterocycles. The minimum absolute atomic E-state index is 0.367. The zero-order valence-corrected chi connectivity index (χ0v) is 7.79. The number of hydrogen-bond donors (Lipinski definition) is 1. The number of alkyl halides is 2. The van der Waals surface area contributed by atoms with E-state index in [9.17, 15) is 9.18 Å². The predicted molar refractivity (Wildman–Crippen MR) is 45.5 cm³/mol. The van der Waals surface area contributed by atoms with Gasteiger partial charge in [-0.05, 0) is 17.1 Å². The standard InChI is InChI=1S/C5H8BrFN4O/c6-2-1-3-9-5(12)4(7)10-11-8/h4H,1-3H2,(H,9,12). The summed E-state index contributed by atoms with van der Waals surface area (Å²) in [6, 6.07) is 0. The van der Waals surface area contributed by atoms with Crippen molar-refractivity contribution in [2.75, 3.05) is 11.9 Å². The molecule has 0 spiro atoms. The number of rotatable bonds is 5. The fraction of sp³-hybridized carbons (Fsp3) is 0.800. The Morgan fingerprint density at radius 3 is 3.00 bits per heavy atom. The van der Waals surface area contributed by atoms with Crippen LogP contribution in [-0.4, -0.2) is 24.1 Å². The van der Waals surface area contributed by atoms with Gasteiger partial charge in [0.25, 0.3) is 12.2 Å². The molecule has 0 rings (SSSR count). The molecule has 1 atom stereocenters. The summed E-state index contributed by atoms with van der Waals surface area (Å²) in [6.07, 6.45) is -1.42. The number of nitrogens with one attached hydrogen (secondary N) is 1. The molecule has 0 saturated carbocycles. The maximum Gasteiger partial charge on any atom is 0.260 e. The van der Waals surface area contributed by atoms with Gasteiger partial charge in [0.15, 0.2) is 0 Å². The van der Waals surface area contributed by atoms with E-state index in [2.05, 4.69) is 31.3 Å². The second-order valence-corrected chi connectivity index (χ2v) is 2.67. The minimum atomic E-state index is -2.12. The normalized spacial score (nSPS) is 11.5. The topological polar surface area (TPSA) is 77.9 Å². The van der Waals surface area contributed by atoms with E-state index < -0.39 is 12.2 Å². The van der Waals surface area contributed by atoms with Crippen LogP contribution in [0.1, 0.15) is 6.42 Å². The average Bonchev–Trinajstić information content (AvgIpc) is 2.05. The third kappa shape index (κ3) is 4.92. The fourth-order valence-corrected chi connectivity index (χ4v) is 0.741. The summed E-state index contributed by atoms with van der Waals surface area (Å²) in [6.45, 7) is 0.367. The van der Waals surface area contributed by atoms with Crippen LogP contribution in [-0.2, 0) is 4.79 Å². The number of azide groups is 1. The highest BCUT2D eigenvalue weighted by molar-refractivity contribution is 9.09. The summed E-state index contributed by atoms with van der Waals surface area (Å²) in [5.74, 6) is -0.895. The van der Waals surface area contributed by atoms with E-state index in [1.165, 1.54) is 0 Å². The maximum atomic E-state index is 12.4. The molecule has 0 aliphatic rings. The van der Waals surface area contributed by atoms with Gasteiger partial charge in [-0.3, -0.25) is 4.79 Å². The first-order valence-electron chi connectivity index (χ1n) is 3.24. The van der Waals surface area contributed by atoms with Crippen molar-refractivity contribution in [3.05, 3.63) is 10.4 Å². The van der Waals surface area contributed by atoms with Crippen LogP contribution in [0, 0.1) is 0 Å². The lowest BCUT2D eigenvalue weighted by molar-refractivity contribution is -0.125. The number of carbonyl (C=O) groups is 1. The van der Waals surface area contributed by atoms with Crippen LogP contribution >= 0.6 is 15.9 Å². The van der Waals surface area contributed by atoms with Crippen LogP contribution in [0.2, 0.25) is 0 Å². The molecule has 0 aromatic heterocycles. The van der Waals surface area contributed by atoms with Gasteiger partial charge in [0.1, 0.15) is 0 Å². The van der Waals surface area contributed by atoms with Gasteiger partial charge in [-0.15, -0.1) is 0 Å². The lowest BCUT2D eigenvalue weighted by atomic mass is 10.4. The Morgan fingerprint density at radius 2 is 2.50 bits per heavy atom. The first-order valence-corrected chi connectivity index (χ1v) is 4.36. The highest BCUT2D eigenvalue weighted by Crippen LogP contribution is 1.93. The Bertz CT molecular complexity index is 194. The van der Waals surface area contributed by atoms with Crippen molar-refractivity contribution in [2.24, 2.45) is 5.11 Å². The molecule has 68 valence electrons. The SMILES string of the molecule is [N-]=[N+]=NC(F)C(=O)NCCCBr. The van der Waals surface area contributed by atoms with Crippen molar-refractivity contribution in [1.29, 1.82) is 0 Å². The van der Waals surface area contributed by atoms with E-state index in [0.29, 0.717) is 13.0 Å². The first kappa shape index (κ1) is 11.2. The smallest absolute Gasteiger partial charge is 0.260 e. The van der Waals surface area contributed by atoms with Crippen LogP contribution in [0.4, 0.5) is 4.39 Å². The van der Waals surface area contributed by atoms with Crippen LogP contribution < -0.4 is 5.32 Å². The Balaban J connectivity index is 3.64. The van der Waals surface area contributed by atoms with E-state index in [1.807, 2.05) is 0 Å². The predicted octanol–water partition coefficient (Wildman–Crippen LogP) is 1.49. The molecule has 0 heterocycles. The zero-order chi connectivity index (χ0) is 9.40. The monoisotopic (exact) mass is 238 g/mol. The van der Waals surface area contributed by atoms with Crippen LogP contribution in [0.5, 0.6) is 0 Å². The van der Waals surface area contributed by atoms with Crippen molar-refractivity contribution in [3.63, 3.8) is 0 Å². The number of halogens is 2. The third-order valence-corrected chi connectivity index (χ3v) is 1.54. The Labute approximate surface area is 77.1 Å². The molecule has 5 nitrogen and oxygen atoms in total. The molecule has 1 N–H and O–H groups in total. The molecule has 0 aromatic carbocycles. The van der Waals surface area contributed by atoms with Gasteiger partial charge in [0.2, 0.25) is 0 Å². The van der Waals surface area contributed by atoms with Crippen molar-refractivity contribution in [2.45, 2.75) is 12.7 Å². The van der Waals surface area contributed by atoms with Gasteiger partial charge in [-0.2, -0.15) is 0 Å². The lowest BCUT2D eigenvalue weighted by Gasteiger charge is -2.02. The fourth-order valence-electron chi connectivity index (χ4n) is 0.460. The van der Waals surface area contributed by atoms with Gasteiger partial charge in [-0.1, -0.05) is 15.9 Å². The number of amides is 1. The van der Waals surface area contributed by atoms with E-state index in [0.717, 1.165) is 5.33 Å². The second-order valence-electron chi connectivity index (χ2n) is 1.87. The first-order chi connectivity index (χ1) is 5.72. The van der Waals surface area contributed by atoms with Crippen LogP contribution in [0.15, 0.2) is 5.11 Å². The van der Waals surface area contributed by atoms with Crippen molar-refractivity contribution >= 4 is 21.8 Å². The zero-order valence-electron chi connectivity index (χ0n) is 6.20. The van der Waals surface area contributed by atoms with E-state index in [4.69, 9.17) is 5.53 Å². The van der Waals surface area contributed by atoms with Crippen LogP contribution in [0.3, 0.4) is 0 Å². The van der Waals surface area contributed by atoms with E-state index in [-0.39, 0.29) is 0 Å². The highest BCUT2D eigenvalue weighted by atomic mass is 79.9. The molecule has 0 aliphatic carbocycles.